The molecule has 3 aromatic carbocycles. The zero-order chi connectivity index (χ0) is 29.2. The number of benzene rings is 3. The molecule has 0 atom stereocenters. The Morgan fingerprint density at radius 2 is 1.50 bits per heavy atom. The van der Waals surface area contributed by atoms with Gasteiger partial charge in [0.25, 0.3) is 0 Å². The van der Waals surface area contributed by atoms with Crippen LogP contribution in [0.5, 0.6) is 0 Å². The highest BCUT2D eigenvalue weighted by atomic mass is 14.9. The first-order valence-electron chi connectivity index (χ1n) is 13.4. The van der Waals surface area contributed by atoms with E-state index in [0.29, 0.717) is 0 Å². The number of rotatable bonds is 9. The van der Waals surface area contributed by atoms with Crippen molar-refractivity contribution in [2.75, 3.05) is 5.32 Å². The van der Waals surface area contributed by atoms with E-state index >= 15 is 0 Å². The van der Waals surface area contributed by atoms with Crippen LogP contribution in [0.3, 0.4) is 0 Å². The van der Waals surface area contributed by atoms with Crippen molar-refractivity contribution in [3.05, 3.63) is 164 Å². The van der Waals surface area contributed by atoms with Gasteiger partial charge < -0.3 is 15.7 Å². The number of para-hydroxylation sites is 1. The second-order valence-corrected chi connectivity index (χ2v) is 8.87. The van der Waals surface area contributed by atoms with Gasteiger partial charge in [-0.2, -0.15) is 0 Å². The summed E-state index contributed by atoms with van der Waals surface area (Å²) in [5.74, 6) is 0. The third kappa shape index (κ3) is 9.45. The Kier molecular flexibility index (Phi) is 13.8. The summed E-state index contributed by atoms with van der Waals surface area (Å²) in [5, 5.41) is 13.5. The summed E-state index contributed by atoms with van der Waals surface area (Å²) in [5.41, 5.74) is 7.29. The highest BCUT2D eigenvalue weighted by Gasteiger charge is 2.11. The van der Waals surface area contributed by atoms with E-state index in [9.17, 15) is 0 Å². The topological polar surface area (TPSA) is 51.7 Å². The lowest BCUT2D eigenvalue weighted by Gasteiger charge is -2.11. The smallest absolute Gasteiger partial charge is 0.0574 e. The fraction of sp³-hybridized carbons (Fsp3) is 0.108. The Hall–Kier alpha value is -4.89. The SMILES string of the molecule is C=C/C=C(C)\C=C/C.C=C/C=C(\C=C/C)Nc1ccc2c([nH]c3ccccc32)c1C=N.C=CCc1ccccc1. The lowest BCUT2D eigenvalue weighted by Crippen LogP contribution is -2.00. The van der Waals surface area contributed by atoms with Crippen LogP contribution in [0.1, 0.15) is 31.9 Å². The summed E-state index contributed by atoms with van der Waals surface area (Å²) in [7, 11) is 0. The molecule has 4 aromatic rings. The highest BCUT2D eigenvalue weighted by Crippen LogP contribution is 2.31. The van der Waals surface area contributed by atoms with Gasteiger partial charge in [0, 0.05) is 39.5 Å². The molecule has 0 saturated carbocycles. The summed E-state index contributed by atoms with van der Waals surface area (Å²) >= 11 is 0. The third-order valence-electron chi connectivity index (χ3n) is 5.82. The summed E-state index contributed by atoms with van der Waals surface area (Å²) < 4.78 is 0. The molecule has 3 nitrogen and oxygen atoms in total. The number of H-pyrrole nitrogens is 1. The molecule has 40 heavy (non-hydrogen) atoms. The molecule has 204 valence electrons. The van der Waals surface area contributed by atoms with E-state index in [1.165, 1.54) is 22.7 Å². The molecule has 0 aliphatic rings. The Bertz CT molecular complexity index is 1530. The van der Waals surface area contributed by atoms with E-state index in [1.54, 1.807) is 12.2 Å². The molecule has 3 N–H and O–H groups in total. The summed E-state index contributed by atoms with van der Waals surface area (Å²) in [6.07, 6.45) is 19.7. The predicted octanol–water partition coefficient (Wildman–Crippen LogP) is 10.5. The maximum absolute atomic E-state index is 7.85. The van der Waals surface area contributed by atoms with Crippen molar-refractivity contribution in [3.63, 3.8) is 0 Å². The number of nitrogens with one attached hydrogen (secondary N) is 3. The molecule has 3 heteroatoms. The van der Waals surface area contributed by atoms with Gasteiger partial charge in [-0.1, -0.05) is 116 Å². The molecule has 1 aromatic heterocycles. The Balaban J connectivity index is 0.000000271. The number of fused-ring (bicyclic) bond motifs is 3. The van der Waals surface area contributed by atoms with Crippen LogP contribution in [-0.2, 0) is 6.42 Å². The van der Waals surface area contributed by atoms with Crippen LogP contribution in [0, 0.1) is 5.41 Å². The van der Waals surface area contributed by atoms with E-state index in [-0.39, 0.29) is 0 Å². The first-order chi connectivity index (χ1) is 19.5. The van der Waals surface area contributed by atoms with Crippen molar-refractivity contribution in [1.82, 2.24) is 4.98 Å². The largest absolute Gasteiger partial charge is 0.355 e. The summed E-state index contributed by atoms with van der Waals surface area (Å²) in [4.78, 5) is 3.43. The highest BCUT2D eigenvalue weighted by molar-refractivity contribution is 6.14. The lowest BCUT2D eigenvalue weighted by atomic mass is 10.1. The van der Waals surface area contributed by atoms with Gasteiger partial charge in [-0.05, 0) is 57.0 Å². The maximum Gasteiger partial charge on any atom is 0.0574 e. The van der Waals surface area contributed by atoms with E-state index in [2.05, 4.69) is 60.4 Å². The molecule has 0 fully saturated rings. The zero-order valence-electron chi connectivity index (χ0n) is 24.0. The van der Waals surface area contributed by atoms with Crippen LogP contribution in [0.15, 0.2) is 152 Å². The number of hydrogen-bond acceptors (Lipinski definition) is 2. The van der Waals surface area contributed by atoms with Gasteiger partial charge in [0.05, 0.1) is 5.52 Å². The number of aromatic nitrogens is 1. The Morgan fingerprint density at radius 1 is 0.825 bits per heavy atom. The van der Waals surface area contributed by atoms with Crippen molar-refractivity contribution < 1.29 is 0 Å². The minimum Gasteiger partial charge on any atom is -0.355 e. The molecular formula is C37H41N3. The van der Waals surface area contributed by atoms with Gasteiger partial charge in [-0.3, -0.25) is 0 Å². The molecule has 0 amide bonds. The predicted molar refractivity (Wildman–Crippen MR) is 180 cm³/mol. The molecule has 0 aliphatic carbocycles. The van der Waals surface area contributed by atoms with Crippen LogP contribution in [0.25, 0.3) is 21.8 Å². The van der Waals surface area contributed by atoms with Crippen LogP contribution < -0.4 is 5.32 Å². The first-order valence-corrected chi connectivity index (χ1v) is 13.4. The molecular weight excluding hydrogens is 486 g/mol. The van der Waals surface area contributed by atoms with E-state index in [0.717, 1.165) is 39.8 Å². The number of allylic oxidation sites excluding steroid dienone is 10. The minimum absolute atomic E-state index is 0.846. The van der Waals surface area contributed by atoms with E-state index in [4.69, 9.17) is 5.41 Å². The number of anilines is 1. The molecule has 0 bridgehead atoms. The van der Waals surface area contributed by atoms with Crippen LogP contribution in [-0.4, -0.2) is 11.2 Å². The average Bonchev–Trinajstić information content (AvgIpc) is 3.34. The second kappa shape index (κ2) is 17.6. The van der Waals surface area contributed by atoms with Gasteiger partial charge >= 0.3 is 0 Å². The molecule has 0 saturated heterocycles. The first kappa shape index (κ1) is 31.3. The van der Waals surface area contributed by atoms with E-state index in [1.807, 2.05) is 99.7 Å². The molecule has 0 spiro atoms. The lowest BCUT2D eigenvalue weighted by molar-refractivity contribution is 1.28. The van der Waals surface area contributed by atoms with Crippen molar-refractivity contribution >= 4 is 33.7 Å². The fourth-order valence-corrected chi connectivity index (χ4v) is 4.09. The Morgan fingerprint density at radius 3 is 2.12 bits per heavy atom. The molecule has 0 unspecified atom stereocenters. The van der Waals surface area contributed by atoms with Crippen LogP contribution in [0.2, 0.25) is 0 Å². The Labute approximate surface area is 239 Å². The van der Waals surface area contributed by atoms with Crippen molar-refractivity contribution in [2.45, 2.75) is 27.2 Å². The summed E-state index contributed by atoms with van der Waals surface area (Å²) in [6, 6.07) is 22.6. The minimum atomic E-state index is 0.846. The van der Waals surface area contributed by atoms with Gasteiger partial charge in [0.1, 0.15) is 0 Å². The van der Waals surface area contributed by atoms with Gasteiger partial charge in [-0.25, -0.2) is 0 Å². The van der Waals surface area contributed by atoms with Gasteiger partial charge in [-0.15, -0.1) is 6.58 Å². The van der Waals surface area contributed by atoms with Crippen molar-refractivity contribution in [3.8, 4) is 0 Å². The zero-order valence-corrected chi connectivity index (χ0v) is 24.0. The second-order valence-electron chi connectivity index (χ2n) is 8.87. The molecule has 1 heterocycles. The number of aromatic amines is 1. The fourth-order valence-electron chi connectivity index (χ4n) is 4.09. The van der Waals surface area contributed by atoms with Crippen molar-refractivity contribution in [1.29, 1.82) is 5.41 Å². The standard InChI is InChI=1S/C20H19N3.C9H10.C8H12/c1-3-7-14(8-4-2)22-19-12-11-16-15-9-5-6-10-18(15)23-20(16)17(19)13-21;1-2-6-9-7-4-3-5-8-9;1-4-6-8(3)7-5-2/h3-13,21-23H,1H2,2H3;2-5,7-8H,1,6H2;4-7H,1H2,2-3H3/b8-4-,14-7+,21-13?;;7-5-,8-6-. The van der Waals surface area contributed by atoms with Crippen LogP contribution in [0.4, 0.5) is 5.69 Å². The van der Waals surface area contributed by atoms with Crippen LogP contribution >= 0.6 is 0 Å². The maximum atomic E-state index is 7.85. The third-order valence-corrected chi connectivity index (χ3v) is 5.82. The average molecular weight is 528 g/mol. The normalized spacial score (nSPS) is 11.5. The molecule has 0 radical (unpaired) electrons. The van der Waals surface area contributed by atoms with Gasteiger partial charge in [0.15, 0.2) is 0 Å². The monoisotopic (exact) mass is 527 g/mol. The quantitative estimate of drug-likeness (QED) is 0.113. The number of hydrogen-bond donors (Lipinski definition) is 3. The molecule has 4 rings (SSSR count). The van der Waals surface area contributed by atoms with Gasteiger partial charge in [0.2, 0.25) is 0 Å². The molecule has 0 aliphatic heterocycles. The van der Waals surface area contributed by atoms with Crippen molar-refractivity contribution in [2.24, 2.45) is 0 Å². The van der Waals surface area contributed by atoms with E-state index < -0.39 is 0 Å². The summed E-state index contributed by atoms with van der Waals surface area (Å²) in [6.45, 7) is 17.0.